The number of nitrogens with one attached hydrogen (secondary N) is 3. The van der Waals surface area contributed by atoms with Gasteiger partial charge in [0.1, 0.15) is 24.8 Å². The van der Waals surface area contributed by atoms with Gasteiger partial charge in [-0.2, -0.15) is 0 Å². The number of β-amino-alcohol motifs (C(OH)–C–C–N with tert-alkyl or cyclic N) is 1. The summed E-state index contributed by atoms with van der Waals surface area (Å²) in [7, 11) is 1.36. The molecule has 16 nitrogen and oxygen atoms in total. The SMILES string of the molecule is CN(C(=O)CN=CN)C1C(NC2=NC3C(=O)NCC(O)C3N2)OC(CO)C(OC(N)=O)C1O.Cl. The zero-order valence-electron chi connectivity index (χ0n) is 18.1. The molecule has 3 rings (SSSR count). The highest BCUT2D eigenvalue weighted by atomic mass is 35.5. The minimum absolute atomic E-state index is 0. The number of rotatable bonds is 6. The standard InChI is InChI=1S/C17H28N8O8.ClH/c1-25(8(28)3-20-5-18)11-12(29)13(33-16(19)31)7(4-26)32-15(11)24-17-22-9-6(27)2-21-14(30)10(9)23-17;/h5-7,9-13,15,26-27,29H,2-4H2,1H3,(H2,18,20)(H2,19,31)(H,21,30)(H2,22,23,24);1H. The van der Waals surface area contributed by atoms with Crippen LogP contribution in [0, 0.1) is 0 Å². The molecule has 0 radical (unpaired) electrons. The second kappa shape index (κ2) is 11.5. The smallest absolute Gasteiger partial charge is 0.404 e. The molecule has 0 aromatic rings. The molecule has 3 amide bonds. The van der Waals surface area contributed by atoms with Crippen LogP contribution in [0.5, 0.6) is 0 Å². The van der Waals surface area contributed by atoms with E-state index in [1.54, 1.807) is 0 Å². The van der Waals surface area contributed by atoms with Crippen LogP contribution in [0.4, 0.5) is 4.79 Å². The average molecular weight is 509 g/mol. The first-order valence-electron chi connectivity index (χ1n) is 10.1. The lowest BCUT2D eigenvalue weighted by Gasteiger charge is -2.46. The maximum Gasteiger partial charge on any atom is 0.404 e. The monoisotopic (exact) mass is 508 g/mol. The van der Waals surface area contributed by atoms with E-state index in [4.69, 9.17) is 20.9 Å². The second-order valence-electron chi connectivity index (χ2n) is 7.70. The number of aliphatic hydroxyl groups is 3. The van der Waals surface area contributed by atoms with E-state index in [-0.39, 0.29) is 37.4 Å². The molecular formula is C17H29ClN8O8. The Morgan fingerprint density at radius 3 is 2.74 bits per heavy atom. The van der Waals surface area contributed by atoms with Gasteiger partial charge in [-0.15, -0.1) is 12.4 Å². The minimum atomic E-state index is -1.55. The molecule has 0 aromatic heterocycles. The van der Waals surface area contributed by atoms with Crippen LogP contribution < -0.4 is 27.4 Å². The van der Waals surface area contributed by atoms with Gasteiger partial charge in [-0.25, -0.2) is 9.79 Å². The molecule has 0 aliphatic carbocycles. The highest BCUT2D eigenvalue weighted by molar-refractivity contribution is 5.92. The van der Waals surface area contributed by atoms with Crippen molar-refractivity contribution in [1.82, 2.24) is 20.9 Å². The lowest BCUT2D eigenvalue weighted by atomic mass is 9.94. The van der Waals surface area contributed by atoms with Crippen molar-refractivity contribution in [2.45, 2.75) is 48.8 Å². The zero-order valence-corrected chi connectivity index (χ0v) is 18.9. The molecule has 0 saturated carbocycles. The number of carbonyl (C=O) groups excluding carboxylic acids is 3. The van der Waals surface area contributed by atoms with Crippen molar-refractivity contribution in [3.05, 3.63) is 0 Å². The van der Waals surface area contributed by atoms with Gasteiger partial charge in [0.2, 0.25) is 11.8 Å². The zero-order chi connectivity index (χ0) is 24.3. The summed E-state index contributed by atoms with van der Waals surface area (Å²) in [6.45, 7) is -0.931. The van der Waals surface area contributed by atoms with Crippen molar-refractivity contribution < 1.29 is 39.2 Å². The molecule has 3 aliphatic heterocycles. The van der Waals surface area contributed by atoms with Crippen LogP contribution in [-0.2, 0) is 19.1 Å². The lowest BCUT2D eigenvalue weighted by molar-refractivity contribution is -0.214. The Labute approximate surface area is 200 Å². The Morgan fingerprint density at radius 1 is 1.44 bits per heavy atom. The van der Waals surface area contributed by atoms with Crippen LogP contribution in [0.1, 0.15) is 0 Å². The van der Waals surface area contributed by atoms with Crippen LogP contribution in [0.25, 0.3) is 0 Å². The summed E-state index contributed by atoms with van der Waals surface area (Å²) in [5, 5.41) is 39.1. The van der Waals surface area contributed by atoms with Crippen molar-refractivity contribution in [3.8, 4) is 0 Å². The summed E-state index contributed by atoms with van der Waals surface area (Å²) < 4.78 is 10.7. The van der Waals surface area contributed by atoms with Gasteiger partial charge in [0.05, 0.1) is 25.1 Å². The van der Waals surface area contributed by atoms with E-state index >= 15 is 0 Å². The Balaban J connectivity index is 0.00000408. The van der Waals surface area contributed by atoms with Crippen LogP contribution in [0.15, 0.2) is 9.98 Å². The summed E-state index contributed by atoms with van der Waals surface area (Å²) in [5.74, 6) is -0.873. The maximum atomic E-state index is 12.5. The van der Waals surface area contributed by atoms with E-state index in [0.717, 1.165) is 11.2 Å². The number of aliphatic imine (C=N–C) groups is 2. The van der Waals surface area contributed by atoms with Crippen molar-refractivity contribution in [3.63, 3.8) is 0 Å². The summed E-state index contributed by atoms with van der Waals surface area (Å²) in [4.78, 5) is 45.0. The molecule has 3 heterocycles. The number of nitrogens with two attached hydrogens (primary N) is 2. The van der Waals surface area contributed by atoms with Gasteiger partial charge in [0.25, 0.3) is 0 Å². The van der Waals surface area contributed by atoms with Gasteiger partial charge in [0, 0.05) is 13.6 Å². The fourth-order valence-corrected chi connectivity index (χ4v) is 4.00. The summed E-state index contributed by atoms with van der Waals surface area (Å²) in [5.41, 5.74) is 10.3. The Hall–Kier alpha value is -2.92. The lowest BCUT2D eigenvalue weighted by Crippen LogP contribution is -2.70. The predicted octanol–water partition coefficient (Wildman–Crippen LogP) is -5.46. The first-order valence-corrected chi connectivity index (χ1v) is 10.1. The number of nitrogens with zero attached hydrogens (tertiary/aromatic N) is 3. The van der Waals surface area contributed by atoms with E-state index in [2.05, 4.69) is 25.9 Å². The number of carbonyl (C=O) groups is 3. The Morgan fingerprint density at radius 2 is 2.15 bits per heavy atom. The molecule has 34 heavy (non-hydrogen) atoms. The van der Waals surface area contributed by atoms with Gasteiger partial charge in [-0.05, 0) is 0 Å². The number of aliphatic hydroxyl groups excluding tert-OH is 3. The van der Waals surface area contributed by atoms with Crippen LogP contribution in [0.2, 0.25) is 0 Å². The summed E-state index contributed by atoms with van der Waals surface area (Å²) >= 11 is 0. The van der Waals surface area contributed by atoms with Crippen molar-refractivity contribution in [2.75, 3.05) is 26.7 Å². The van der Waals surface area contributed by atoms with E-state index in [1.807, 2.05) is 0 Å². The molecule has 0 aromatic carbocycles. The molecule has 3 aliphatic rings. The number of halogens is 1. The number of hydrogen-bond donors (Lipinski definition) is 8. The van der Waals surface area contributed by atoms with Gasteiger partial charge in [-0.3, -0.25) is 14.6 Å². The van der Waals surface area contributed by atoms with Gasteiger partial charge in [-0.1, -0.05) is 0 Å². The average Bonchev–Trinajstić information content (AvgIpc) is 3.21. The third-order valence-electron chi connectivity index (χ3n) is 5.65. The highest BCUT2D eigenvalue weighted by Gasteiger charge is 2.51. The van der Waals surface area contributed by atoms with Gasteiger partial charge < -0.3 is 57.1 Å². The quantitative estimate of drug-likeness (QED) is 0.124. The molecule has 2 fully saturated rings. The van der Waals surface area contributed by atoms with E-state index in [1.165, 1.54) is 7.05 Å². The number of amides is 3. The fourth-order valence-electron chi connectivity index (χ4n) is 4.00. The fraction of sp³-hybridized carbons (Fsp3) is 0.706. The first kappa shape index (κ1) is 27.3. The third-order valence-corrected chi connectivity index (χ3v) is 5.65. The molecule has 17 heteroatoms. The largest absolute Gasteiger partial charge is 0.441 e. The number of guanidine groups is 1. The van der Waals surface area contributed by atoms with E-state index in [9.17, 15) is 29.7 Å². The highest BCUT2D eigenvalue weighted by Crippen LogP contribution is 2.26. The Kier molecular flexibility index (Phi) is 9.22. The van der Waals surface area contributed by atoms with Gasteiger partial charge >= 0.3 is 6.09 Å². The van der Waals surface area contributed by atoms with E-state index < -0.39 is 67.4 Å². The molecule has 8 atom stereocenters. The molecule has 0 spiro atoms. The van der Waals surface area contributed by atoms with Gasteiger partial charge in [0.15, 0.2) is 24.3 Å². The maximum absolute atomic E-state index is 12.5. The second-order valence-corrected chi connectivity index (χ2v) is 7.70. The molecule has 192 valence electrons. The predicted molar refractivity (Wildman–Crippen MR) is 118 cm³/mol. The molecule has 8 unspecified atom stereocenters. The number of likely N-dealkylation sites (N-methyl/N-ethyl adjacent to an activating group) is 1. The normalized spacial score (nSPS) is 34.7. The molecule has 2 saturated heterocycles. The van der Waals surface area contributed by atoms with Crippen LogP contribution >= 0.6 is 12.4 Å². The van der Waals surface area contributed by atoms with Crippen molar-refractivity contribution in [1.29, 1.82) is 0 Å². The van der Waals surface area contributed by atoms with Crippen molar-refractivity contribution in [2.24, 2.45) is 21.5 Å². The number of ether oxygens (including phenoxy) is 2. The van der Waals surface area contributed by atoms with Crippen LogP contribution in [-0.4, -0.2) is 126 Å². The molecule has 10 N–H and O–H groups in total. The summed E-state index contributed by atoms with van der Waals surface area (Å²) in [6.07, 6.45) is -6.49. The first-order chi connectivity index (χ1) is 15.7. The minimum Gasteiger partial charge on any atom is -0.441 e. The number of primary amides is 1. The third kappa shape index (κ3) is 5.58. The number of fused-ring (bicyclic) bond motifs is 1. The molecule has 0 bridgehead atoms. The number of piperidine rings is 1. The van der Waals surface area contributed by atoms with Crippen LogP contribution in [0.3, 0.4) is 0 Å². The summed E-state index contributed by atoms with van der Waals surface area (Å²) in [6, 6.07) is -2.77. The van der Waals surface area contributed by atoms with E-state index in [0.29, 0.717) is 0 Å². The topological polar surface area (TPSA) is 246 Å². The van der Waals surface area contributed by atoms with Crippen molar-refractivity contribution >= 4 is 42.6 Å². The molecular weight excluding hydrogens is 480 g/mol. The Bertz CT molecular complexity index is 831. The number of hydrogen-bond acceptors (Lipinski definition) is 12.